The lowest BCUT2D eigenvalue weighted by Gasteiger charge is -2.34. The van der Waals surface area contributed by atoms with E-state index >= 15 is 0 Å². The van der Waals surface area contributed by atoms with Crippen LogP contribution in [0, 0.1) is 5.92 Å². The summed E-state index contributed by atoms with van der Waals surface area (Å²) in [5.41, 5.74) is 5.19. The molecule has 1 atom stereocenters. The van der Waals surface area contributed by atoms with Crippen molar-refractivity contribution in [3.8, 4) is 11.3 Å². The number of hydrogen-bond donors (Lipinski definition) is 0. The zero-order chi connectivity index (χ0) is 20.7. The van der Waals surface area contributed by atoms with Gasteiger partial charge in [0.25, 0.3) is 0 Å². The maximum atomic E-state index is 12.4. The van der Waals surface area contributed by atoms with E-state index in [1.54, 1.807) is 0 Å². The summed E-state index contributed by atoms with van der Waals surface area (Å²) in [6.45, 7) is 3.87. The molecule has 0 bridgehead atoms. The third-order valence-corrected chi connectivity index (χ3v) is 6.33. The van der Waals surface area contributed by atoms with Gasteiger partial charge in [-0.25, -0.2) is 4.98 Å². The number of ether oxygens (including phenoxy) is 1. The highest BCUT2D eigenvalue weighted by atomic mass is 35.5. The van der Waals surface area contributed by atoms with Crippen LogP contribution < -0.4 is 4.90 Å². The number of fused-ring (bicyclic) bond motifs is 2. The number of piperidine rings is 1. The molecule has 5 rings (SSSR count). The Morgan fingerprint density at radius 3 is 2.87 bits per heavy atom. The Kier molecular flexibility index (Phi) is 5.11. The number of carbonyl (C=O) groups excluding carboxylic acids is 1. The molecule has 7 heteroatoms. The summed E-state index contributed by atoms with van der Waals surface area (Å²) >= 11 is 6.05. The summed E-state index contributed by atoms with van der Waals surface area (Å²) in [6.07, 6.45) is 4.95. The van der Waals surface area contributed by atoms with E-state index in [2.05, 4.69) is 4.90 Å². The van der Waals surface area contributed by atoms with Crippen molar-refractivity contribution in [2.45, 2.75) is 39.0 Å². The van der Waals surface area contributed by atoms with Gasteiger partial charge < -0.3 is 9.64 Å². The first-order chi connectivity index (χ1) is 14.6. The van der Waals surface area contributed by atoms with Crippen LogP contribution in [0.4, 0.5) is 5.82 Å². The van der Waals surface area contributed by atoms with Crippen LogP contribution in [0.1, 0.15) is 37.4 Å². The molecular weight excluding hydrogens is 400 g/mol. The Bertz CT molecular complexity index is 1090. The average Bonchev–Trinajstić information content (AvgIpc) is 3.39. The highest BCUT2D eigenvalue weighted by Crippen LogP contribution is 2.35. The van der Waals surface area contributed by atoms with Gasteiger partial charge in [0, 0.05) is 41.0 Å². The van der Waals surface area contributed by atoms with Crippen LogP contribution in [0.5, 0.6) is 0 Å². The minimum absolute atomic E-state index is 0.0912. The molecule has 3 aromatic rings. The molecule has 1 saturated heterocycles. The van der Waals surface area contributed by atoms with Gasteiger partial charge in [0.05, 0.1) is 18.2 Å². The van der Waals surface area contributed by atoms with Crippen LogP contribution >= 0.6 is 11.6 Å². The third-order valence-electron chi connectivity index (χ3n) is 6.08. The van der Waals surface area contributed by atoms with Crippen molar-refractivity contribution in [1.82, 2.24) is 14.6 Å². The zero-order valence-electron chi connectivity index (χ0n) is 17.1. The van der Waals surface area contributed by atoms with E-state index in [0.29, 0.717) is 18.2 Å². The van der Waals surface area contributed by atoms with Crippen LogP contribution in [0.15, 0.2) is 30.3 Å². The van der Waals surface area contributed by atoms with E-state index in [4.69, 9.17) is 26.4 Å². The van der Waals surface area contributed by atoms with Crippen molar-refractivity contribution >= 4 is 29.0 Å². The van der Waals surface area contributed by atoms with Gasteiger partial charge in [0.2, 0.25) is 0 Å². The molecule has 0 unspecified atom stereocenters. The quantitative estimate of drug-likeness (QED) is 0.584. The van der Waals surface area contributed by atoms with Crippen molar-refractivity contribution in [2.75, 3.05) is 24.6 Å². The second-order valence-electron chi connectivity index (χ2n) is 8.06. The second-order valence-corrected chi connectivity index (χ2v) is 8.49. The van der Waals surface area contributed by atoms with Crippen molar-refractivity contribution in [2.24, 2.45) is 5.92 Å². The summed E-state index contributed by atoms with van der Waals surface area (Å²) in [5, 5.41) is 5.63. The summed E-state index contributed by atoms with van der Waals surface area (Å²) in [5.74, 6) is 0.915. The lowest BCUT2D eigenvalue weighted by Crippen LogP contribution is -2.41. The van der Waals surface area contributed by atoms with Crippen molar-refractivity contribution < 1.29 is 9.53 Å². The number of aryl methyl sites for hydroxylation is 1. The lowest BCUT2D eigenvalue weighted by atomic mass is 9.97. The van der Waals surface area contributed by atoms with E-state index in [1.165, 1.54) is 11.3 Å². The summed E-state index contributed by atoms with van der Waals surface area (Å²) in [4.78, 5) is 19.6. The molecule has 156 valence electrons. The monoisotopic (exact) mass is 424 g/mol. The number of anilines is 1. The molecule has 0 spiro atoms. The van der Waals surface area contributed by atoms with Crippen LogP contribution in [0.25, 0.3) is 16.9 Å². The molecule has 0 amide bonds. The maximum Gasteiger partial charge on any atom is 0.310 e. The van der Waals surface area contributed by atoms with E-state index < -0.39 is 0 Å². The van der Waals surface area contributed by atoms with Crippen LogP contribution in [-0.4, -0.2) is 40.3 Å². The highest BCUT2D eigenvalue weighted by molar-refractivity contribution is 6.30. The number of carbonyl (C=O) groups is 1. The van der Waals surface area contributed by atoms with Gasteiger partial charge in [0.15, 0.2) is 5.65 Å². The van der Waals surface area contributed by atoms with Crippen LogP contribution in [0.2, 0.25) is 5.02 Å². The number of hydrogen-bond acceptors (Lipinski definition) is 5. The molecule has 1 fully saturated rings. The van der Waals surface area contributed by atoms with Crippen molar-refractivity contribution in [1.29, 1.82) is 0 Å². The number of esters is 1. The minimum atomic E-state index is -0.0923. The molecular formula is C23H25ClN4O2. The largest absolute Gasteiger partial charge is 0.466 e. The Morgan fingerprint density at radius 1 is 1.23 bits per heavy atom. The highest BCUT2D eigenvalue weighted by Gasteiger charge is 2.31. The Balaban J connectivity index is 1.58. The molecule has 30 heavy (non-hydrogen) atoms. The molecule has 2 aliphatic rings. The van der Waals surface area contributed by atoms with E-state index in [1.807, 2.05) is 41.8 Å². The fourth-order valence-corrected chi connectivity index (χ4v) is 4.80. The first kappa shape index (κ1) is 19.4. The Hall–Kier alpha value is -2.60. The molecule has 1 aromatic carbocycles. The fraction of sp³-hybridized carbons (Fsp3) is 0.435. The summed E-state index contributed by atoms with van der Waals surface area (Å²) in [6, 6.07) is 9.76. The van der Waals surface area contributed by atoms with Gasteiger partial charge in [-0.15, -0.1) is 0 Å². The molecule has 2 aromatic heterocycles. The normalized spacial score (nSPS) is 18.6. The van der Waals surface area contributed by atoms with Gasteiger partial charge in [0.1, 0.15) is 5.82 Å². The molecule has 1 aliphatic heterocycles. The van der Waals surface area contributed by atoms with Gasteiger partial charge in [-0.05, 0) is 51.2 Å². The lowest BCUT2D eigenvalue weighted by molar-refractivity contribution is -0.148. The Labute approximate surface area is 180 Å². The topological polar surface area (TPSA) is 59.7 Å². The van der Waals surface area contributed by atoms with Gasteiger partial charge in [-0.3, -0.25) is 4.79 Å². The smallest absolute Gasteiger partial charge is 0.310 e. The van der Waals surface area contributed by atoms with Gasteiger partial charge in [-0.2, -0.15) is 9.61 Å². The van der Waals surface area contributed by atoms with E-state index in [-0.39, 0.29) is 11.9 Å². The van der Waals surface area contributed by atoms with Crippen LogP contribution in [-0.2, 0) is 22.4 Å². The number of halogens is 1. The summed E-state index contributed by atoms with van der Waals surface area (Å²) in [7, 11) is 0. The molecule has 0 N–H and O–H groups in total. The molecule has 1 aliphatic carbocycles. The Morgan fingerprint density at radius 2 is 2.07 bits per heavy atom. The maximum absolute atomic E-state index is 12.4. The number of aromatic nitrogens is 3. The predicted molar refractivity (Wildman–Crippen MR) is 117 cm³/mol. The second kappa shape index (κ2) is 7.91. The van der Waals surface area contributed by atoms with Gasteiger partial charge >= 0.3 is 5.97 Å². The van der Waals surface area contributed by atoms with E-state index in [9.17, 15) is 4.79 Å². The van der Waals surface area contributed by atoms with Gasteiger partial charge in [-0.1, -0.05) is 23.7 Å². The minimum Gasteiger partial charge on any atom is -0.466 e. The molecule has 3 heterocycles. The number of benzene rings is 1. The third kappa shape index (κ3) is 3.43. The zero-order valence-corrected chi connectivity index (χ0v) is 17.9. The number of nitrogens with zero attached hydrogens (tertiary/aromatic N) is 4. The molecule has 0 radical (unpaired) electrons. The van der Waals surface area contributed by atoms with Crippen molar-refractivity contribution in [3.05, 3.63) is 46.6 Å². The first-order valence-electron chi connectivity index (χ1n) is 10.7. The average molecular weight is 425 g/mol. The first-order valence-corrected chi connectivity index (χ1v) is 11.1. The van der Waals surface area contributed by atoms with E-state index in [0.717, 1.165) is 61.4 Å². The molecule has 0 saturated carbocycles. The predicted octanol–water partition coefficient (Wildman–Crippen LogP) is 4.32. The standard InChI is InChI=1S/C23H25ClN4O2/c1-2-30-23(29)16-5-4-12-27(14-16)22-18-6-3-7-19(18)25-21-13-20(26-28(21)22)15-8-10-17(24)11-9-15/h8-11,13,16H,2-7,12,14H2,1H3/t16-/m0/s1. The number of rotatable bonds is 4. The van der Waals surface area contributed by atoms with Crippen LogP contribution in [0.3, 0.4) is 0 Å². The van der Waals surface area contributed by atoms with Crippen molar-refractivity contribution in [3.63, 3.8) is 0 Å². The SMILES string of the molecule is CCOC(=O)[C@H]1CCCN(c2c3c(nc4cc(-c5ccc(Cl)cc5)nn24)CCC3)C1. The summed E-state index contributed by atoms with van der Waals surface area (Å²) < 4.78 is 7.28. The molecule has 6 nitrogen and oxygen atoms in total. The fourth-order valence-electron chi connectivity index (χ4n) is 4.67.